The smallest absolute Gasteiger partial charge is 0.162 e. The minimum atomic E-state index is -0.619. The molecule has 10 N–H and O–H groups in total. The first kappa shape index (κ1) is 99.9. The molecular formula is C104H122Cl2N16O14. The van der Waals surface area contributed by atoms with Crippen LogP contribution < -0.4 is 65.2 Å². The van der Waals surface area contributed by atoms with Crippen molar-refractivity contribution < 1.29 is 67.5 Å². The van der Waals surface area contributed by atoms with Crippen molar-refractivity contribution in [2.45, 2.75) is 115 Å². The van der Waals surface area contributed by atoms with Crippen LogP contribution in [0, 0.1) is 32.1 Å². The number of ether oxygens (including phenoxy) is 9. The van der Waals surface area contributed by atoms with E-state index in [9.17, 15) is 20.4 Å². The van der Waals surface area contributed by atoms with Crippen LogP contribution in [-0.4, -0.2) is 249 Å². The SMILES string of the molecule is C#CCCN(C)c1cc(-c2ccc3c(c2)OCCO3)nc(-c2cccc(OCC(O)CNC)c2)n1.CNCC(O)COc1cc(Cl)cc(-c2nc(C[C@H]3CCOC3)c(C)c(-c3ccncc3)n2)c1.CNCC(O)COc1cc(Cl)cc(-c2nc(N[C@@H]3CCOC3)c(C)c(C3=CCCCC3)n2)c1.CNCC(O)COc1cccc(-c2nc(NC3CCOCC3)cc(-c3cc4ccccc4o3)n2)c1. The number of likely N-dealkylation sites (N-methyl/N-ethyl adjacent to an activating group) is 4. The lowest BCUT2D eigenvalue weighted by atomic mass is 9.94. The van der Waals surface area contributed by atoms with E-state index >= 15 is 0 Å². The third-order valence-corrected chi connectivity index (χ3v) is 23.6. The van der Waals surface area contributed by atoms with Crippen LogP contribution in [0.5, 0.6) is 34.5 Å². The predicted molar refractivity (Wildman–Crippen MR) is 532 cm³/mol. The number of aliphatic hydroxyl groups excluding tert-OH is 4. The third kappa shape index (κ3) is 28.8. The Morgan fingerprint density at radius 1 is 0.493 bits per heavy atom. The summed E-state index contributed by atoms with van der Waals surface area (Å²) < 4.78 is 57.3. The fourth-order valence-corrected chi connectivity index (χ4v) is 16.5. The maximum atomic E-state index is 9.98. The second kappa shape index (κ2) is 50.7. The number of nitrogens with zero attached hydrogens (tertiary/aromatic N) is 10. The molecule has 0 bridgehead atoms. The van der Waals surface area contributed by atoms with Gasteiger partial charge in [-0.15, -0.1) is 12.3 Å². The number of anilines is 3. The van der Waals surface area contributed by atoms with E-state index in [1.54, 1.807) is 52.7 Å². The molecule has 0 amide bonds. The van der Waals surface area contributed by atoms with Crippen molar-refractivity contribution in [1.29, 1.82) is 0 Å². The summed E-state index contributed by atoms with van der Waals surface area (Å²) in [4.78, 5) is 45.2. The van der Waals surface area contributed by atoms with E-state index in [2.05, 4.69) is 62.7 Å². The van der Waals surface area contributed by atoms with Crippen molar-refractivity contribution >= 4 is 57.2 Å². The van der Waals surface area contributed by atoms with Gasteiger partial charge in [-0.2, -0.15) is 0 Å². The van der Waals surface area contributed by atoms with E-state index in [1.807, 2.05) is 158 Å². The minimum absolute atomic E-state index is 0.157. The van der Waals surface area contributed by atoms with Gasteiger partial charge in [0.05, 0.1) is 29.7 Å². The number of pyridine rings is 1. The average molecular weight is 1890 g/mol. The van der Waals surface area contributed by atoms with Crippen LogP contribution >= 0.6 is 23.2 Å². The second-order valence-electron chi connectivity index (χ2n) is 34.0. The fourth-order valence-electron chi connectivity index (χ4n) is 16.0. The highest BCUT2D eigenvalue weighted by atomic mass is 35.5. The number of terminal acetylenes is 1. The highest BCUT2D eigenvalue weighted by Gasteiger charge is 2.27. The second-order valence-corrected chi connectivity index (χ2v) is 34.9. The van der Waals surface area contributed by atoms with Gasteiger partial charge < -0.3 is 104 Å². The Bertz CT molecular complexity index is 5930. The molecule has 30 nitrogen and oxygen atoms in total. The van der Waals surface area contributed by atoms with Gasteiger partial charge in [-0.25, -0.2) is 39.9 Å². The summed E-state index contributed by atoms with van der Waals surface area (Å²) in [7, 11) is 9.11. The van der Waals surface area contributed by atoms with Gasteiger partial charge in [0.1, 0.15) is 116 Å². The predicted octanol–water partition coefficient (Wildman–Crippen LogP) is 15.0. The Morgan fingerprint density at radius 3 is 1.67 bits per heavy atom. The van der Waals surface area contributed by atoms with Gasteiger partial charge in [0.2, 0.25) is 0 Å². The zero-order valence-corrected chi connectivity index (χ0v) is 79.6. The van der Waals surface area contributed by atoms with Crippen molar-refractivity contribution in [3.63, 3.8) is 0 Å². The van der Waals surface area contributed by atoms with Gasteiger partial charge in [-0.3, -0.25) is 4.98 Å². The number of benzene rings is 6. The van der Waals surface area contributed by atoms with Crippen molar-refractivity contribution in [2.24, 2.45) is 5.92 Å². The van der Waals surface area contributed by atoms with Crippen LogP contribution in [0.2, 0.25) is 10.0 Å². The van der Waals surface area contributed by atoms with Crippen molar-refractivity contribution in [3.8, 4) is 126 Å². The number of aromatic nitrogens is 9. The molecular weight excluding hydrogens is 1770 g/mol. The molecule has 4 aliphatic heterocycles. The first-order valence-corrected chi connectivity index (χ1v) is 47.2. The number of halogens is 2. The van der Waals surface area contributed by atoms with Crippen LogP contribution in [0.1, 0.15) is 80.3 Å². The van der Waals surface area contributed by atoms with Gasteiger partial charge in [-0.05, 0) is 220 Å². The molecule has 0 saturated carbocycles. The van der Waals surface area contributed by atoms with E-state index in [-0.39, 0.29) is 32.5 Å². The molecule has 3 fully saturated rings. The molecule has 12 aromatic rings. The molecule has 10 heterocycles. The summed E-state index contributed by atoms with van der Waals surface area (Å²) in [6, 6.07) is 50.1. The topological polar surface area (TPSA) is 369 Å². The number of allylic oxidation sites excluding steroid dienone is 2. The fraction of sp³-hybridized carbons (Fsp3) is 0.394. The third-order valence-electron chi connectivity index (χ3n) is 23.2. The summed E-state index contributed by atoms with van der Waals surface area (Å²) in [5.41, 5.74) is 13.6. The van der Waals surface area contributed by atoms with Gasteiger partial charge in [0, 0.05) is 170 Å². The first-order valence-electron chi connectivity index (χ1n) is 46.4. The molecule has 5 aliphatic rings. The zero-order valence-electron chi connectivity index (χ0n) is 78.1. The maximum absolute atomic E-state index is 9.98. The highest BCUT2D eigenvalue weighted by molar-refractivity contribution is 6.31. The van der Waals surface area contributed by atoms with Gasteiger partial charge in [0.25, 0.3) is 0 Å². The number of fused-ring (bicyclic) bond motifs is 2. The number of rotatable bonds is 37. The number of nitrogens with one attached hydrogen (secondary N) is 6. The standard InChI is InChI=1S/2C27H30N4O4.C25H29ClN4O3.C25H33ClN4O3/c1-28-16-21(32)17-34-22-7-4-6-19(13-22)27-30-23(25-14-18-5-2-3-8-24(18)35-25)15-26(31-27)29-20-9-11-33-12-10-20;1-4-5-11-31(3)26-16-23(19-9-10-24-25(15-19)34-13-12-33-24)29-27(30-26)20-7-6-8-22(14-20)35-18-21(32)17-28-2;1-16-23(9-17-5-8-32-14-17)29-25(30-24(16)18-3-6-28-7-4-18)19-10-20(26)12-22(11-19)33-15-21(31)13-27-2;1-16-23(17-6-4-3-5-7-17)29-25(30-24(16)28-20-8-9-32-14-20)18-10-19(26)12-22(11-18)33-15-21(31)13-27-2/h2-8,13-15,20-21,28,32H,9-12,16-17H2,1H3,(H,29,30,31);1,6-10,14-16,21,28,32H,5,11-13,17-18H2,2-3H3;3-4,6-7,10-12,17,21,27,31H,5,8-9,13-15H2,1-2H3;6,10-12,20-21,27,31H,3-5,7-9,13-15H2,1-2H3,(H,28,29,30)/t;;17-,21?;20-,21?/m..11/s1. The Morgan fingerprint density at radius 2 is 1.07 bits per heavy atom. The number of furan rings is 1. The van der Waals surface area contributed by atoms with Gasteiger partial charge >= 0.3 is 0 Å². The minimum Gasteiger partial charge on any atom is -0.491 e. The Balaban J connectivity index is 0.000000145. The van der Waals surface area contributed by atoms with Gasteiger partial charge in [0.15, 0.2) is 40.6 Å². The van der Waals surface area contributed by atoms with E-state index in [1.165, 1.54) is 18.4 Å². The van der Waals surface area contributed by atoms with Crippen LogP contribution in [0.4, 0.5) is 17.5 Å². The lowest BCUT2D eigenvalue weighted by Gasteiger charge is -2.24. The maximum Gasteiger partial charge on any atom is 0.162 e. The van der Waals surface area contributed by atoms with Crippen molar-refractivity contribution in [2.75, 3.05) is 163 Å². The van der Waals surface area contributed by atoms with Crippen LogP contribution in [-0.2, 0) is 20.6 Å². The summed E-state index contributed by atoms with van der Waals surface area (Å²) in [6.07, 6.45) is 18.7. The molecule has 6 aromatic heterocycles. The molecule has 4 unspecified atom stereocenters. The molecule has 1 aliphatic carbocycles. The van der Waals surface area contributed by atoms with Crippen LogP contribution in [0.25, 0.3) is 96.1 Å². The molecule has 716 valence electrons. The number of hydrogen-bond acceptors (Lipinski definition) is 30. The highest BCUT2D eigenvalue weighted by Crippen LogP contribution is 2.40. The van der Waals surface area contributed by atoms with Gasteiger partial charge in [-0.1, -0.05) is 71.7 Å². The number of para-hydroxylation sites is 1. The Kier molecular flexibility index (Phi) is 37.2. The normalized spacial score (nSPS) is 16.0. The van der Waals surface area contributed by atoms with Crippen LogP contribution in [0.15, 0.2) is 181 Å². The molecule has 0 spiro atoms. The van der Waals surface area contributed by atoms with Crippen LogP contribution in [0.3, 0.4) is 0 Å². The van der Waals surface area contributed by atoms with E-state index in [0.717, 1.165) is 179 Å². The molecule has 6 aromatic carbocycles. The number of aliphatic hydroxyl groups is 4. The van der Waals surface area contributed by atoms with E-state index in [0.29, 0.717) is 144 Å². The van der Waals surface area contributed by atoms with E-state index in [4.69, 9.17) is 117 Å². The summed E-state index contributed by atoms with van der Waals surface area (Å²) in [5, 5.41) is 60.8. The Labute approximate surface area is 804 Å². The Hall–Kier alpha value is -12.0. The molecule has 136 heavy (non-hydrogen) atoms. The van der Waals surface area contributed by atoms with E-state index < -0.39 is 24.4 Å². The first-order chi connectivity index (χ1) is 66.3. The molecule has 3 saturated heterocycles. The zero-order chi connectivity index (χ0) is 95.1. The molecule has 32 heteroatoms. The number of hydrogen-bond donors (Lipinski definition) is 10. The van der Waals surface area contributed by atoms with Crippen molar-refractivity contribution in [3.05, 3.63) is 209 Å². The monoisotopic (exact) mass is 1890 g/mol. The average Bonchev–Trinajstić information content (AvgIpc) is 1.04. The summed E-state index contributed by atoms with van der Waals surface area (Å²) in [6.45, 7) is 12.9. The lowest BCUT2D eigenvalue weighted by molar-refractivity contribution is 0.0904. The summed E-state index contributed by atoms with van der Waals surface area (Å²) in [5.74, 6) is 12.3. The molecule has 17 rings (SSSR count). The quantitative estimate of drug-likeness (QED) is 0.0162. The lowest BCUT2D eigenvalue weighted by Crippen LogP contribution is -2.29. The van der Waals surface area contributed by atoms with Crippen molar-refractivity contribution in [1.82, 2.24) is 66.1 Å². The largest absolute Gasteiger partial charge is 0.491 e. The summed E-state index contributed by atoms with van der Waals surface area (Å²) >= 11 is 12.8. The molecule has 6 atom stereocenters. The molecule has 0 radical (unpaired) electrons.